The summed E-state index contributed by atoms with van der Waals surface area (Å²) >= 11 is 3.34. The maximum Gasteiger partial charge on any atom is 0.251 e. The minimum atomic E-state index is -3.21. The summed E-state index contributed by atoms with van der Waals surface area (Å²) in [6.07, 6.45) is 1.88. The molecule has 0 unspecified atom stereocenters. The monoisotopic (exact) mass is 395 g/mol. The van der Waals surface area contributed by atoms with Crippen LogP contribution in [0.2, 0.25) is 0 Å². The summed E-state index contributed by atoms with van der Waals surface area (Å²) in [5, 5.41) is 2.97. The lowest BCUT2D eigenvalue weighted by atomic mass is 10.0. The SMILES string of the molecule is CC[C@@H](NC(=O)c1ccc(Br)cc1)c1ccc(S(C)(=O)=O)cc1. The van der Waals surface area contributed by atoms with Crippen molar-refractivity contribution in [3.63, 3.8) is 0 Å². The lowest BCUT2D eigenvalue weighted by molar-refractivity contribution is 0.0935. The van der Waals surface area contributed by atoms with Gasteiger partial charge in [-0.3, -0.25) is 4.79 Å². The molecule has 0 fully saturated rings. The van der Waals surface area contributed by atoms with E-state index >= 15 is 0 Å². The van der Waals surface area contributed by atoms with E-state index in [-0.39, 0.29) is 16.8 Å². The second-order valence-electron chi connectivity index (χ2n) is 5.28. The number of sulfone groups is 1. The lowest BCUT2D eigenvalue weighted by Gasteiger charge is -2.18. The van der Waals surface area contributed by atoms with E-state index in [1.807, 2.05) is 19.1 Å². The van der Waals surface area contributed by atoms with Crippen molar-refractivity contribution >= 4 is 31.7 Å². The third-order valence-electron chi connectivity index (χ3n) is 3.53. The zero-order chi connectivity index (χ0) is 17.0. The van der Waals surface area contributed by atoms with E-state index in [2.05, 4.69) is 21.2 Å². The van der Waals surface area contributed by atoms with Gasteiger partial charge in [-0.25, -0.2) is 8.42 Å². The van der Waals surface area contributed by atoms with Crippen molar-refractivity contribution in [2.24, 2.45) is 0 Å². The Kier molecular flexibility index (Phi) is 5.59. The highest BCUT2D eigenvalue weighted by Crippen LogP contribution is 2.20. The van der Waals surface area contributed by atoms with Crippen LogP contribution in [0, 0.1) is 0 Å². The zero-order valence-electron chi connectivity index (χ0n) is 12.9. The maximum absolute atomic E-state index is 12.3. The van der Waals surface area contributed by atoms with Gasteiger partial charge >= 0.3 is 0 Å². The van der Waals surface area contributed by atoms with Gasteiger partial charge in [0.05, 0.1) is 10.9 Å². The molecule has 0 saturated carbocycles. The Hall–Kier alpha value is -1.66. The molecule has 0 spiro atoms. The first-order chi connectivity index (χ1) is 10.8. The summed E-state index contributed by atoms with van der Waals surface area (Å²) < 4.78 is 23.9. The van der Waals surface area contributed by atoms with Gasteiger partial charge in [-0.05, 0) is 48.4 Å². The van der Waals surface area contributed by atoms with Crippen LogP contribution in [0.3, 0.4) is 0 Å². The third-order valence-corrected chi connectivity index (χ3v) is 5.19. The topological polar surface area (TPSA) is 63.2 Å². The zero-order valence-corrected chi connectivity index (χ0v) is 15.3. The number of hydrogen-bond acceptors (Lipinski definition) is 3. The van der Waals surface area contributed by atoms with E-state index in [9.17, 15) is 13.2 Å². The Morgan fingerprint density at radius 2 is 1.65 bits per heavy atom. The molecule has 0 saturated heterocycles. The van der Waals surface area contributed by atoms with Crippen LogP contribution >= 0.6 is 15.9 Å². The highest BCUT2D eigenvalue weighted by molar-refractivity contribution is 9.10. The molecule has 0 heterocycles. The van der Waals surface area contributed by atoms with Gasteiger partial charge in [0, 0.05) is 16.3 Å². The van der Waals surface area contributed by atoms with E-state index in [1.54, 1.807) is 36.4 Å². The molecular formula is C17H18BrNO3S. The van der Waals surface area contributed by atoms with Gasteiger partial charge in [-0.1, -0.05) is 35.0 Å². The number of nitrogens with one attached hydrogen (secondary N) is 1. The number of carbonyl (C=O) groups excluding carboxylic acids is 1. The Morgan fingerprint density at radius 3 is 2.13 bits per heavy atom. The van der Waals surface area contributed by atoms with E-state index in [1.165, 1.54) is 6.26 Å². The summed E-state index contributed by atoms with van der Waals surface area (Å²) in [5.74, 6) is -0.156. The molecule has 0 aromatic heterocycles. The van der Waals surface area contributed by atoms with E-state index < -0.39 is 9.84 Å². The van der Waals surface area contributed by atoms with E-state index in [4.69, 9.17) is 0 Å². The fourth-order valence-electron chi connectivity index (χ4n) is 2.21. The molecule has 4 nitrogen and oxygen atoms in total. The molecule has 2 aromatic rings. The maximum atomic E-state index is 12.3. The molecule has 1 atom stereocenters. The molecule has 23 heavy (non-hydrogen) atoms. The summed E-state index contributed by atoms with van der Waals surface area (Å²) in [5.41, 5.74) is 1.46. The van der Waals surface area contributed by atoms with Gasteiger partial charge < -0.3 is 5.32 Å². The molecule has 0 aliphatic carbocycles. The van der Waals surface area contributed by atoms with Crippen molar-refractivity contribution in [1.29, 1.82) is 0 Å². The molecule has 0 radical (unpaired) electrons. The van der Waals surface area contributed by atoms with Gasteiger partial charge in [0.15, 0.2) is 9.84 Å². The number of amides is 1. The van der Waals surface area contributed by atoms with Crippen molar-refractivity contribution in [3.8, 4) is 0 Å². The highest BCUT2D eigenvalue weighted by Gasteiger charge is 2.15. The quantitative estimate of drug-likeness (QED) is 0.838. The van der Waals surface area contributed by atoms with Crippen LogP contribution in [0.4, 0.5) is 0 Å². The Bertz CT molecular complexity index is 784. The van der Waals surface area contributed by atoms with Gasteiger partial charge in [-0.15, -0.1) is 0 Å². The van der Waals surface area contributed by atoms with E-state index in [0.717, 1.165) is 10.0 Å². The minimum absolute atomic E-state index is 0.156. The van der Waals surface area contributed by atoms with Crippen LogP contribution in [0.5, 0.6) is 0 Å². The predicted molar refractivity (Wildman–Crippen MR) is 94.2 cm³/mol. The van der Waals surface area contributed by atoms with Crippen LogP contribution in [-0.4, -0.2) is 20.6 Å². The van der Waals surface area contributed by atoms with Crippen molar-refractivity contribution < 1.29 is 13.2 Å². The van der Waals surface area contributed by atoms with Crippen molar-refractivity contribution in [3.05, 3.63) is 64.1 Å². The van der Waals surface area contributed by atoms with Crippen LogP contribution in [0.25, 0.3) is 0 Å². The average molecular weight is 396 g/mol. The van der Waals surface area contributed by atoms with Crippen molar-refractivity contribution in [1.82, 2.24) is 5.32 Å². The molecule has 1 N–H and O–H groups in total. The number of rotatable bonds is 5. The number of halogens is 1. The van der Waals surface area contributed by atoms with Crippen LogP contribution in [0.1, 0.15) is 35.3 Å². The van der Waals surface area contributed by atoms with Gasteiger partial charge in [0.1, 0.15) is 0 Å². The summed E-state index contributed by atoms with van der Waals surface area (Å²) in [7, 11) is -3.21. The van der Waals surface area contributed by atoms with Crippen molar-refractivity contribution in [2.45, 2.75) is 24.3 Å². The number of carbonyl (C=O) groups is 1. The largest absolute Gasteiger partial charge is 0.345 e. The number of benzene rings is 2. The molecule has 0 bridgehead atoms. The Balaban J connectivity index is 2.16. The Morgan fingerprint density at radius 1 is 1.09 bits per heavy atom. The van der Waals surface area contributed by atoms with Crippen LogP contribution in [-0.2, 0) is 9.84 Å². The molecular weight excluding hydrogens is 378 g/mol. The molecule has 122 valence electrons. The normalized spacial score (nSPS) is 12.7. The highest BCUT2D eigenvalue weighted by atomic mass is 79.9. The van der Waals surface area contributed by atoms with Gasteiger partial charge in [-0.2, -0.15) is 0 Å². The fourth-order valence-corrected chi connectivity index (χ4v) is 3.11. The van der Waals surface area contributed by atoms with Crippen LogP contribution < -0.4 is 5.32 Å². The molecule has 6 heteroatoms. The minimum Gasteiger partial charge on any atom is -0.345 e. The molecule has 2 aromatic carbocycles. The first kappa shape index (κ1) is 17.7. The van der Waals surface area contributed by atoms with E-state index in [0.29, 0.717) is 12.0 Å². The smallest absolute Gasteiger partial charge is 0.251 e. The molecule has 0 aliphatic rings. The first-order valence-corrected chi connectivity index (χ1v) is 9.86. The third kappa shape index (κ3) is 4.65. The standard InChI is InChI=1S/C17H18BrNO3S/c1-3-16(12-6-10-15(11-7-12)23(2,21)22)19-17(20)13-4-8-14(18)9-5-13/h4-11,16H,3H2,1-2H3,(H,19,20)/t16-/m1/s1. The van der Waals surface area contributed by atoms with Crippen molar-refractivity contribution in [2.75, 3.05) is 6.26 Å². The van der Waals surface area contributed by atoms with Gasteiger partial charge in [0.25, 0.3) is 5.91 Å². The average Bonchev–Trinajstić information content (AvgIpc) is 2.52. The van der Waals surface area contributed by atoms with Crippen LogP contribution in [0.15, 0.2) is 57.9 Å². The molecule has 0 aliphatic heterocycles. The second-order valence-corrected chi connectivity index (χ2v) is 8.21. The van der Waals surface area contributed by atoms with Gasteiger partial charge in [0.2, 0.25) is 0 Å². The summed E-state index contributed by atoms with van der Waals surface area (Å²) in [6, 6.07) is 13.6. The first-order valence-electron chi connectivity index (χ1n) is 7.17. The molecule has 1 amide bonds. The molecule has 2 rings (SSSR count). The second kappa shape index (κ2) is 7.27. The predicted octanol–water partition coefficient (Wildman–Crippen LogP) is 3.73. The Labute approximate surface area is 145 Å². The summed E-state index contributed by atoms with van der Waals surface area (Å²) in [6.45, 7) is 1.97. The summed E-state index contributed by atoms with van der Waals surface area (Å²) in [4.78, 5) is 12.6. The lowest BCUT2D eigenvalue weighted by Crippen LogP contribution is -2.28. The fraction of sp³-hybridized carbons (Fsp3) is 0.235. The number of hydrogen-bond donors (Lipinski definition) is 1.